The lowest BCUT2D eigenvalue weighted by molar-refractivity contribution is -0.00827. The van der Waals surface area contributed by atoms with E-state index >= 15 is 0 Å². The molecule has 2 atom stereocenters. The SMILES string of the molecule is C[C@H]1N(c2cc3c(cc2F)c(=O)c(C(=O)O)cn3C2CC2)C[C@@]1(C)O. The molecular formula is C18H19FN2O4. The molecule has 2 heterocycles. The summed E-state index contributed by atoms with van der Waals surface area (Å²) in [6.07, 6.45) is 3.17. The molecule has 2 N–H and O–H groups in total. The van der Waals surface area contributed by atoms with Crippen molar-refractivity contribution in [2.75, 3.05) is 11.4 Å². The fraction of sp³-hybridized carbons (Fsp3) is 0.444. The Morgan fingerprint density at radius 1 is 1.36 bits per heavy atom. The molecule has 2 aromatic rings. The number of aromatic carboxylic acids is 1. The number of hydrogen-bond acceptors (Lipinski definition) is 4. The van der Waals surface area contributed by atoms with Gasteiger partial charge in [-0.05, 0) is 38.8 Å². The van der Waals surface area contributed by atoms with E-state index in [1.54, 1.807) is 22.5 Å². The monoisotopic (exact) mass is 346 g/mol. The Morgan fingerprint density at radius 2 is 2.04 bits per heavy atom. The Hall–Kier alpha value is -2.41. The van der Waals surface area contributed by atoms with Crippen LogP contribution in [0.25, 0.3) is 10.9 Å². The molecule has 1 aliphatic carbocycles. The van der Waals surface area contributed by atoms with Crippen LogP contribution in [0.1, 0.15) is 43.1 Å². The van der Waals surface area contributed by atoms with Crippen molar-refractivity contribution in [2.24, 2.45) is 0 Å². The summed E-state index contributed by atoms with van der Waals surface area (Å²) in [4.78, 5) is 25.5. The van der Waals surface area contributed by atoms with Crippen LogP contribution < -0.4 is 10.3 Å². The van der Waals surface area contributed by atoms with E-state index in [0.29, 0.717) is 17.7 Å². The summed E-state index contributed by atoms with van der Waals surface area (Å²) in [6.45, 7) is 3.82. The quantitative estimate of drug-likeness (QED) is 0.890. The van der Waals surface area contributed by atoms with Crippen LogP contribution in [0.3, 0.4) is 0 Å². The molecule has 1 saturated carbocycles. The minimum absolute atomic E-state index is 0.0768. The van der Waals surface area contributed by atoms with Gasteiger partial charge < -0.3 is 19.7 Å². The van der Waals surface area contributed by atoms with Crippen LogP contribution in [0.15, 0.2) is 23.1 Å². The Morgan fingerprint density at radius 3 is 2.56 bits per heavy atom. The van der Waals surface area contributed by atoms with Crippen LogP contribution >= 0.6 is 0 Å². The molecule has 132 valence electrons. The number of rotatable bonds is 3. The van der Waals surface area contributed by atoms with Crippen LogP contribution in [0.5, 0.6) is 0 Å². The van der Waals surface area contributed by atoms with Gasteiger partial charge in [0.25, 0.3) is 0 Å². The second-order valence-corrected chi connectivity index (χ2v) is 7.30. The maximum Gasteiger partial charge on any atom is 0.341 e. The van der Waals surface area contributed by atoms with Crippen molar-refractivity contribution in [3.05, 3.63) is 39.9 Å². The van der Waals surface area contributed by atoms with E-state index in [1.807, 2.05) is 6.92 Å². The number of anilines is 1. The van der Waals surface area contributed by atoms with E-state index in [1.165, 1.54) is 6.20 Å². The lowest BCUT2D eigenvalue weighted by Gasteiger charge is -2.52. The van der Waals surface area contributed by atoms with E-state index < -0.39 is 22.8 Å². The van der Waals surface area contributed by atoms with E-state index in [0.717, 1.165) is 18.9 Å². The zero-order valence-electron chi connectivity index (χ0n) is 14.0. The highest BCUT2D eigenvalue weighted by Gasteiger charge is 2.45. The van der Waals surface area contributed by atoms with Crippen molar-refractivity contribution >= 4 is 22.6 Å². The van der Waals surface area contributed by atoms with Crippen LogP contribution in [0.2, 0.25) is 0 Å². The van der Waals surface area contributed by atoms with Crippen molar-refractivity contribution in [1.82, 2.24) is 4.57 Å². The third-order valence-electron chi connectivity index (χ3n) is 5.44. The highest BCUT2D eigenvalue weighted by Crippen LogP contribution is 2.40. The number of benzene rings is 1. The third kappa shape index (κ3) is 2.33. The van der Waals surface area contributed by atoms with Crippen molar-refractivity contribution in [2.45, 2.75) is 44.4 Å². The first-order valence-electron chi connectivity index (χ1n) is 8.31. The van der Waals surface area contributed by atoms with Crippen LogP contribution in [0, 0.1) is 5.82 Å². The summed E-state index contributed by atoms with van der Waals surface area (Å²) in [5, 5.41) is 19.5. The molecule has 2 aliphatic rings. The van der Waals surface area contributed by atoms with Gasteiger partial charge in [0.1, 0.15) is 11.4 Å². The molecule has 0 radical (unpaired) electrons. The lowest BCUT2D eigenvalue weighted by atomic mass is 9.86. The molecule has 25 heavy (non-hydrogen) atoms. The topological polar surface area (TPSA) is 82.8 Å². The standard InChI is InChI=1S/C18H19FN2O4/c1-9-18(2,25)8-21(9)15-6-14-11(5-13(15)19)16(22)12(17(23)24)7-20(14)10-3-4-10/h5-7,9-10,25H,3-4,8H2,1-2H3,(H,23,24)/t9-,18-/m1/s1. The first-order chi connectivity index (χ1) is 11.7. The average molecular weight is 346 g/mol. The minimum Gasteiger partial charge on any atom is -0.477 e. The number of β-amino-alcohol motifs (C(OH)–C–C–N with tert-alkyl or cyclic N) is 1. The number of halogens is 1. The number of hydrogen-bond donors (Lipinski definition) is 2. The Kier molecular flexibility index (Phi) is 3.25. The second-order valence-electron chi connectivity index (χ2n) is 7.30. The number of carboxylic acids is 1. The fourth-order valence-corrected chi connectivity index (χ4v) is 3.52. The molecular weight excluding hydrogens is 327 g/mol. The Balaban J connectivity index is 1.94. The highest BCUT2D eigenvalue weighted by atomic mass is 19.1. The van der Waals surface area contributed by atoms with Crippen molar-refractivity contribution in [3.63, 3.8) is 0 Å². The molecule has 0 bridgehead atoms. The van der Waals surface area contributed by atoms with Gasteiger partial charge >= 0.3 is 5.97 Å². The molecule has 1 aliphatic heterocycles. The van der Waals surface area contributed by atoms with Gasteiger partial charge in [0.2, 0.25) is 5.43 Å². The minimum atomic E-state index is -1.31. The number of carbonyl (C=O) groups is 1. The Labute approximate surface area is 143 Å². The molecule has 1 aromatic heterocycles. The van der Waals surface area contributed by atoms with Crippen molar-refractivity contribution < 1.29 is 19.4 Å². The highest BCUT2D eigenvalue weighted by molar-refractivity contribution is 5.93. The maximum absolute atomic E-state index is 14.7. The first-order valence-corrected chi connectivity index (χ1v) is 8.31. The molecule has 1 aromatic carbocycles. The molecule has 1 saturated heterocycles. The van der Waals surface area contributed by atoms with E-state index in [2.05, 4.69) is 0 Å². The van der Waals surface area contributed by atoms with Crippen LogP contribution in [0.4, 0.5) is 10.1 Å². The average Bonchev–Trinajstić information content (AvgIpc) is 3.37. The first kappa shape index (κ1) is 16.1. The summed E-state index contributed by atoms with van der Waals surface area (Å²) in [6, 6.07) is 2.61. The van der Waals surface area contributed by atoms with E-state index in [-0.39, 0.29) is 23.0 Å². The maximum atomic E-state index is 14.7. The van der Waals surface area contributed by atoms with Crippen LogP contribution in [-0.2, 0) is 0 Å². The van der Waals surface area contributed by atoms with Gasteiger partial charge in [-0.1, -0.05) is 0 Å². The molecule has 2 fully saturated rings. The van der Waals surface area contributed by atoms with E-state index in [4.69, 9.17) is 0 Å². The fourth-order valence-electron chi connectivity index (χ4n) is 3.52. The second kappa shape index (κ2) is 5.05. The lowest BCUT2D eigenvalue weighted by Crippen LogP contribution is -2.67. The van der Waals surface area contributed by atoms with Gasteiger partial charge in [-0.3, -0.25) is 4.79 Å². The molecule has 0 spiro atoms. The summed E-state index contributed by atoms with van der Waals surface area (Å²) in [5.41, 5.74) is -1.04. The molecule has 6 nitrogen and oxygen atoms in total. The summed E-state index contributed by atoms with van der Waals surface area (Å²) < 4.78 is 16.4. The third-order valence-corrected chi connectivity index (χ3v) is 5.44. The largest absolute Gasteiger partial charge is 0.477 e. The van der Waals surface area contributed by atoms with E-state index in [9.17, 15) is 24.2 Å². The predicted molar refractivity (Wildman–Crippen MR) is 90.8 cm³/mol. The number of pyridine rings is 1. The summed E-state index contributed by atoms with van der Waals surface area (Å²) in [7, 11) is 0. The van der Waals surface area contributed by atoms with Crippen LogP contribution in [-0.4, -0.2) is 38.9 Å². The number of fused-ring (bicyclic) bond motifs is 1. The zero-order chi connectivity index (χ0) is 18.1. The van der Waals surface area contributed by atoms with Crippen molar-refractivity contribution in [1.29, 1.82) is 0 Å². The molecule has 7 heteroatoms. The smallest absolute Gasteiger partial charge is 0.341 e. The summed E-state index contributed by atoms with van der Waals surface area (Å²) in [5.74, 6) is -1.89. The molecule has 0 amide bonds. The predicted octanol–water partition coefficient (Wildman–Crippen LogP) is 2.13. The van der Waals surface area contributed by atoms with Crippen molar-refractivity contribution in [3.8, 4) is 0 Å². The number of nitrogens with zero attached hydrogens (tertiary/aromatic N) is 2. The molecule has 0 unspecified atom stereocenters. The Bertz CT molecular complexity index is 962. The number of aliphatic hydroxyl groups is 1. The number of aromatic nitrogens is 1. The van der Waals surface area contributed by atoms with Gasteiger partial charge in [0.05, 0.1) is 22.8 Å². The van der Waals surface area contributed by atoms with Gasteiger partial charge in [-0.25, -0.2) is 9.18 Å². The van der Waals surface area contributed by atoms with Gasteiger partial charge in [0.15, 0.2) is 0 Å². The van der Waals surface area contributed by atoms with Gasteiger partial charge in [-0.2, -0.15) is 0 Å². The van der Waals surface area contributed by atoms with Gasteiger partial charge in [0, 0.05) is 24.2 Å². The van der Waals surface area contributed by atoms with Gasteiger partial charge in [-0.15, -0.1) is 0 Å². The number of carboxylic acid groups (broad SMARTS) is 1. The summed E-state index contributed by atoms with van der Waals surface area (Å²) >= 11 is 0. The molecule has 4 rings (SSSR count). The zero-order valence-corrected chi connectivity index (χ0v) is 14.0. The normalized spacial score (nSPS) is 25.9.